The van der Waals surface area contributed by atoms with Crippen molar-refractivity contribution < 1.29 is 93.5 Å². The minimum atomic E-state index is 0.0240. The van der Waals surface area contributed by atoms with Crippen LogP contribution in [0.4, 0.5) is 0 Å². The maximum absolute atomic E-state index is 5.41. The predicted octanol–water partition coefficient (Wildman–Crippen LogP) is 29.9. The summed E-state index contributed by atoms with van der Waals surface area (Å²) in [4.78, 5) is 45.8. The van der Waals surface area contributed by atoms with Crippen LogP contribution in [0.2, 0.25) is 0 Å². The maximum Gasteiger partial charge on any atom is 0.0189 e. The van der Waals surface area contributed by atoms with E-state index in [1.54, 1.807) is 13.3 Å². The summed E-state index contributed by atoms with van der Waals surface area (Å²) in [7, 11) is 1.66. The van der Waals surface area contributed by atoms with Gasteiger partial charge in [-0.25, -0.2) is 0 Å². The number of aryl methyl sites for hydroxylation is 5. The molecule has 0 spiro atoms. The third kappa shape index (κ3) is 29.6. The van der Waals surface area contributed by atoms with Crippen molar-refractivity contribution in [3.8, 4) is 118 Å². The fourth-order valence-electron chi connectivity index (χ4n) is 13.2. The van der Waals surface area contributed by atoms with E-state index in [1.807, 2.05) is 318 Å². The monoisotopic (exact) mass is 2890 g/mol. The second kappa shape index (κ2) is 52.5. The van der Waals surface area contributed by atoms with Gasteiger partial charge in [-0.15, -0.1) is 103 Å². The summed E-state index contributed by atoms with van der Waals surface area (Å²) in [6, 6.07) is 109. The quantitative estimate of drug-likeness (QED) is 0.114. The van der Waals surface area contributed by atoms with E-state index in [9.17, 15) is 0 Å². The number of nitrogens with zero attached hydrogens (tertiary/aromatic N) is 10. The van der Waals surface area contributed by atoms with Crippen LogP contribution in [0, 0.1) is 65.0 Å². The van der Waals surface area contributed by atoms with Gasteiger partial charge in [0, 0.05) is 129 Å². The molecular formula is C106H89Br5N10OPt5. The van der Waals surface area contributed by atoms with Crippen LogP contribution in [0.5, 0.6) is 5.75 Å². The number of methoxy groups -OCH3 is 1. The Morgan fingerprint density at radius 1 is 0.244 bits per heavy atom. The average Bonchev–Trinajstić information content (AvgIpc) is 0.775. The summed E-state index contributed by atoms with van der Waals surface area (Å²) in [6.45, 7) is 23.3. The normalized spacial score (nSPS) is 10.5. The molecule has 0 atom stereocenters. The number of hydrogen-bond donors (Lipinski definition) is 0. The van der Waals surface area contributed by atoms with E-state index in [2.05, 4.69) is 300 Å². The fourth-order valence-corrected chi connectivity index (χ4v) is 13.2. The molecule has 0 fully saturated rings. The van der Waals surface area contributed by atoms with E-state index in [0.717, 1.165) is 168 Å². The molecule has 18 rings (SSSR count). The minimum Gasteiger partial charge on any atom is -0.295 e. The van der Waals surface area contributed by atoms with Gasteiger partial charge in [0.05, 0.1) is 12.9 Å². The van der Waals surface area contributed by atoms with Crippen LogP contribution in [0.15, 0.2) is 323 Å². The number of rotatable bonds is 11. The molecule has 0 aliphatic rings. The standard InChI is InChI=1S/C24H15N2.C24H27N2.C20H13N2.C19H17N2O.C19H17N2.5BrH.5Pt/c1-3-10-21-17(6-1)12-14-25-23(21)19-8-5-9-20(16-19)24-22-11-4-2-7-18(22)13-15-26-24;1-23(2,3)21-14-8-12-19(25-21)17-10-7-11-18(16-17)20-13-9-15-22(26-20)24(4,5)6;1-2-9-18-15(6-1)11-13-22-20(18)17-8-5-7-16(14-17)19-10-3-4-12-21-19;1-13-4-6-18(20-11-13)15-8-16(10-17(9-15)22-3)19-7-5-14(2)12-21-19;1-13-4-6-18(20-11-13)16-8-15(3)9-17(10-16)19-7-5-14(2)12-21-19;;;;;;;;;;/h1-15H;7-15H,1-6H3;1-13H;4-7,9-12H,1-3H3;4-9,11-12H,1-3H3;5*1H;;;;;/q5*-1;;;;;;5*+2/p-5. The van der Waals surface area contributed by atoms with Crippen molar-refractivity contribution >= 4 is 98.8 Å². The summed E-state index contributed by atoms with van der Waals surface area (Å²) in [5.74, 6) is 0.772. The summed E-state index contributed by atoms with van der Waals surface area (Å²) >= 11 is 24.3. The van der Waals surface area contributed by atoms with Gasteiger partial charge in [0.2, 0.25) is 0 Å². The molecule has 10 aromatic heterocycles. The van der Waals surface area contributed by atoms with E-state index in [-0.39, 0.29) is 10.8 Å². The Bertz CT molecular complexity index is 6180. The first kappa shape index (κ1) is 102. The van der Waals surface area contributed by atoms with Crippen LogP contribution in [-0.2, 0) is 99.6 Å². The number of aromatic nitrogens is 10. The Kier molecular flexibility index (Phi) is 42.3. The van der Waals surface area contributed by atoms with Gasteiger partial charge in [-0.3, -0.25) is 49.8 Å². The molecule has 0 N–H and O–H groups in total. The Labute approximate surface area is 836 Å². The van der Waals surface area contributed by atoms with Crippen LogP contribution < -0.4 is 4.74 Å². The molecule has 127 heavy (non-hydrogen) atoms. The van der Waals surface area contributed by atoms with Crippen molar-refractivity contribution in [2.75, 3.05) is 7.11 Å². The molecule has 11 nitrogen and oxygen atoms in total. The summed E-state index contributed by atoms with van der Waals surface area (Å²) in [5.41, 5.74) is 27.0. The molecule has 0 saturated heterocycles. The van der Waals surface area contributed by atoms with Crippen molar-refractivity contribution in [1.82, 2.24) is 49.8 Å². The number of ether oxygens (including phenoxy) is 1. The molecule has 0 radical (unpaired) electrons. The smallest absolute Gasteiger partial charge is 0.0189 e. The van der Waals surface area contributed by atoms with Crippen LogP contribution in [0.25, 0.3) is 145 Å². The van der Waals surface area contributed by atoms with Crippen molar-refractivity contribution in [2.45, 2.75) is 87.0 Å². The number of benzene rings is 8. The second-order valence-electron chi connectivity index (χ2n) is 30.8. The molecule has 0 aliphatic carbocycles. The Hall–Kier alpha value is -8.32. The third-order valence-corrected chi connectivity index (χ3v) is 19.5. The van der Waals surface area contributed by atoms with Crippen molar-refractivity contribution in [1.29, 1.82) is 0 Å². The molecule has 654 valence electrons. The summed E-state index contributed by atoms with van der Waals surface area (Å²) in [6.07, 6.45) is 14.8. The zero-order valence-electron chi connectivity index (χ0n) is 71.5. The fraction of sp³-hybridized carbons (Fsp3) is 0.132. The average molecular weight is 2890 g/mol. The van der Waals surface area contributed by atoms with Crippen LogP contribution in [0.1, 0.15) is 80.7 Å². The van der Waals surface area contributed by atoms with Gasteiger partial charge in [0.1, 0.15) is 0 Å². The maximum atomic E-state index is 5.41. The number of halogens is 5. The second-order valence-corrected chi connectivity index (χ2v) is 30.8. The van der Waals surface area contributed by atoms with Gasteiger partial charge >= 0.3 is 155 Å². The first-order chi connectivity index (χ1) is 61.7. The predicted molar refractivity (Wildman–Crippen MR) is 523 cm³/mol. The molecular weight excluding hydrogens is 2800 g/mol. The summed E-state index contributed by atoms with van der Waals surface area (Å²) in [5, 5.41) is 6.95. The molecule has 21 heteroatoms. The van der Waals surface area contributed by atoms with E-state index in [0.29, 0.717) is 0 Å². The Balaban J connectivity index is 0.000000175. The van der Waals surface area contributed by atoms with Crippen molar-refractivity contribution in [2.24, 2.45) is 0 Å². The third-order valence-electron chi connectivity index (χ3n) is 19.5. The SMILES string of the molecule is CC(C)(C)c1cccc(-c2[c-]c(-c3cccc(C(C)(C)C)n3)ccc2)n1.COc1cc(-c2ccc(C)cn2)[c-]c(-c2ccc(C)cn2)c1.Cc1ccc(-c2[c-]c(-c3ccc(C)cn3)cc(C)c2)nc1.[Br][Pt+].[Br][Pt+].[Br][Pt+].[Br][Pt+].[Br][Pt+].[c-]1c(-c2ccccn2)cccc1-c1nccc2ccccc12.[c-]1c(-c2nccc3ccccc23)cccc1-c1nccc2ccccc12. The molecule has 0 unspecified atom stereocenters. The van der Waals surface area contributed by atoms with Gasteiger partial charge in [-0.2, -0.15) is 0 Å². The number of pyridine rings is 10. The number of fused-ring (bicyclic) bond motifs is 3. The van der Waals surface area contributed by atoms with Crippen molar-refractivity contribution in [3.05, 3.63) is 392 Å². The molecule has 0 saturated carbocycles. The topological polar surface area (TPSA) is 138 Å². The van der Waals surface area contributed by atoms with Crippen molar-refractivity contribution in [3.63, 3.8) is 0 Å². The first-order valence-corrected chi connectivity index (χ1v) is 64.5. The van der Waals surface area contributed by atoms with E-state index < -0.39 is 0 Å². The minimum absolute atomic E-state index is 0.0240. The van der Waals surface area contributed by atoms with Gasteiger partial charge < -0.3 is 4.74 Å². The van der Waals surface area contributed by atoms with Gasteiger partial charge in [-0.1, -0.05) is 274 Å². The van der Waals surface area contributed by atoms with Crippen LogP contribution in [0.3, 0.4) is 0 Å². The molecule has 18 aromatic rings. The van der Waals surface area contributed by atoms with Crippen LogP contribution in [-0.4, -0.2) is 56.9 Å². The molecule has 8 aromatic carbocycles. The van der Waals surface area contributed by atoms with E-state index in [1.165, 1.54) is 21.7 Å². The molecule has 0 amide bonds. The Morgan fingerprint density at radius 3 is 0.835 bits per heavy atom. The van der Waals surface area contributed by atoms with E-state index >= 15 is 0 Å². The summed E-state index contributed by atoms with van der Waals surface area (Å²) < 4.78 is 5.41. The molecule has 0 bridgehead atoms. The van der Waals surface area contributed by atoms with Gasteiger partial charge in [0.25, 0.3) is 0 Å². The molecule has 0 aliphatic heterocycles. The zero-order chi connectivity index (χ0) is 91.4. The largest absolute Gasteiger partial charge is 0.295 e. The Morgan fingerprint density at radius 2 is 0.520 bits per heavy atom. The first-order valence-electron chi connectivity index (χ1n) is 39.7. The van der Waals surface area contributed by atoms with Crippen LogP contribution >= 0.6 is 66.5 Å². The number of hydrogen-bond acceptors (Lipinski definition) is 11. The van der Waals surface area contributed by atoms with E-state index in [4.69, 9.17) is 14.7 Å². The van der Waals surface area contributed by atoms with Gasteiger partial charge in [0.15, 0.2) is 0 Å². The molecule has 10 heterocycles. The zero-order valence-corrected chi connectivity index (χ0v) is 90.7. The van der Waals surface area contributed by atoms with Gasteiger partial charge in [-0.05, 0) is 119 Å².